The van der Waals surface area contributed by atoms with Crippen molar-refractivity contribution in [3.8, 4) is 11.3 Å². The first-order valence-corrected chi connectivity index (χ1v) is 6.83. The molecule has 5 nitrogen and oxygen atoms in total. The molecule has 1 aliphatic carbocycles. The number of nitrogens with two attached hydrogens (primary N) is 2. The molecule has 0 atom stereocenters. The molecule has 2 heterocycles. The Kier molecular flexibility index (Phi) is 2.42. The van der Waals surface area contributed by atoms with Gasteiger partial charge in [0, 0.05) is 11.8 Å². The molecule has 21 heavy (non-hydrogen) atoms. The molecule has 1 aliphatic rings. The van der Waals surface area contributed by atoms with Crippen molar-refractivity contribution in [2.45, 2.75) is 18.9 Å². The molecule has 0 saturated heterocycles. The van der Waals surface area contributed by atoms with Crippen LogP contribution in [0.25, 0.3) is 22.2 Å². The van der Waals surface area contributed by atoms with Crippen molar-refractivity contribution in [2.75, 3.05) is 11.5 Å². The summed E-state index contributed by atoms with van der Waals surface area (Å²) in [4.78, 5) is 4.13. The summed E-state index contributed by atoms with van der Waals surface area (Å²) in [5.74, 6) is -0.0456. The molecule has 0 amide bonds. The molecule has 1 aromatic carbocycles. The first-order chi connectivity index (χ1) is 10.1. The van der Waals surface area contributed by atoms with E-state index in [2.05, 4.69) is 10.1 Å². The fourth-order valence-electron chi connectivity index (χ4n) is 2.59. The van der Waals surface area contributed by atoms with Gasteiger partial charge < -0.3 is 11.5 Å². The Bertz CT molecular complexity index is 851. The van der Waals surface area contributed by atoms with Gasteiger partial charge in [0.1, 0.15) is 17.3 Å². The molecule has 0 bridgehead atoms. The van der Waals surface area contributed by atoms with Gasteiger partial charge in [-0.1, -0.05) is 6.07 Å². The summed E-state index contributed by atoms with van der Waals surface area (Å²) in [6, 6.07) is 6.99. The first-order valence-electron chi connectivity index (χ1n) is 6.83. The normalized spacial score (nSPS) is 14.7. The van der Waals surface area contributed by atoms with Gasteiger partial charge in [-0.3, -0.25) is 4.68 Å². The highest BCUT2D eigenvalue weighted by atomic mass is 19.1. The van der Waals surface area contributed by atoms with Crippen LogP contribution in [-0.4, -0.2) is 14.8 Å². The van der Waals surface area contributed by atoms with Gasteiger partial charge in [0.2, 0.25) is 0 Å². The summed E-state index contributed by atoms with van der Waals surface area (Å²) in [6.45, 7) is 0. The number of hydrogen-bond donors (Lipinski definition) is 2. The Hall–Kier alpha value is -2.63. The van der Waals surface area contributed by atoms with Crippen LogP contribution < -0.4 is 11.5 Å². The van der Waals surface area contributed by atoms with E-state index in [-0.39, 0.29) is 5.69 Å². The molecule has 0 spiro atoms. The number of rotatable bonds is 2. The Morgan fingerprint density at radius 1 is 1.19 bits per heavy atom. The lowest BCUT2D eigenvalue weighted by Gasteiger charge is -2.02. The monoisotopic (exact) mass is 283 g/mol. The van der Waals surface area contributed by atoms with Crippen molar-refractivity contribution in [3.05, 3.63) is 36.3 Å². The highest BCUT2D eigenvalue weighted by molar-refractivity contribution is 6.00. The number of aromatic nitrogens is 3. The fourth-order valence-corrected chi connectivity index (χ4v) is 2.59. The maximum Gasteiger partial charge on any atom is 0.146 e. The van der Waals surface area contributed by atoms with Gasteiger partial charge in [0.05, 0.1) is 22.6 Å². The molecule has 1 fully saturated rings. The predicted octanol–water partition coefficient (Wildman–Crippen LogP) is 2.74. The Labute approximate surface area is 120 Å². The van der Waals surface area contributed by atoms with Crippen LogP contribution in [-0.2, 0) is 0 Å². The summed E-state index contributed by atoms with van der Waals surface area (Å²) in [5, 5.41) is 5.41. The van der Waals surface area contributed by atoms with E-state index in [0.29, 0.717) is 23.1 Å². The molecule has 4 N–H and O–H groups in total. The lowest BCUT2D eigenvalue weighted by molar-refractivity contribution is 0.632. The van der Waals surface area contributed by atoms with E-state index in [4.69, 9.17) is 11.5 Å². The average Bonchev–Trinajstić information content (AvgIpc) is 3.23. The number of pyridine rings is 1. The molecule has 4 rings (SSSR count). The lowest BCUT2D eigenvalue weighted by atomic mass is 10.1. The van der Waals surface area contributed by atoms with E-state index in [1.165, 1.54) is 6.07 Å². The SMILES string of the molecule is Nc1ccc(-c2nn(C3CC3)c3ccnc(N)c23)cc1F. The maximum atomic E-state index is 13.7. The van der Waals surface area contributed by atoms with Crippen LogP contribution in [0.4, 0.5) is 15.9 Å². The molecule has 6 heteroatoms. The zero-order chi connectivity index (χ0) is 14.6. The molecular weight excluding hydrogens is 269 g/mol. The van der Waals surface area contributed by atoms with Gasteiger partial charge in [-0.15, -0.1) is 0 Å². The standard InChI is InChI=1S/C15H14FN5/c16-10-7-8(1-4-11(10)17)14-13-12(5-6-19-15(13)18)21(20-14)9-2-3-9/h1,4-7,9H,2-3,17H2,(H2,18,19). The molecule has 0 radical (unpaired) electrons. The van der Waals surface area contributed by atoms with Crippen LogP contribution in [0.15, 0.2) is 30.5 Å². The summed E-state index contributed by atoms with van der Waals surface area (Å²) < 4.78 is 15.7. The molecule has 0 aliphatic heterocycles. The quantitative estimate of drug-likeness (QED) is 0.708. The number of nitrogen functional groups attached to an aromatic ring is 2. The van der Waals surface area contributed by atoms with Crippen LogP contribution in [0.2, 0.25) is 0 Å². The number of anilines is 2. The van der Waals surface area contributed by atoms with Crippen LogP contribution in [0, 0.1) is 5.82 Å². The zero-order valence-electron chi connectivity index (χ0n) is 11.3. The van der Waals surface area contributed by atoms with Crippen LogP contribution in [0.5, 0.6) is 0 Å². The van der Waals surface area contributed by atoms with E-state index in [1.807, 2.05) is 10.7 Å². The average molecular weight is 283 g/mol. The third-order valence-electron chi connectivity index (χ3n) is 3.82. The minimum atomic E-state index is -0.455. The van der Waals surface area contributed by atoms with Gasteiger partial charge in [-0.05, 0) is 31.0 Å². The van der Waals surface area contributed by atoms with E-state index in [9.17, 15) is 4.39 Å². The van der Waals surface area contributed by atoms with Crippen molar-refractivity contribution >= 4 is 22.4 Å². The second-order valence-corrected chi connectivity index (χ2v) is 5.35. The molecule has 3 aromatic rings. The van der Waals surface area contributed by atoms with E-state index in [1.54, 1.807) is 18.3 Å². The molecule has 2 aromatic heterocycles. The third-order valence-corrected chi connectivity index (χ3v) is 3.82. The highest BCUT2D eigenvalue weighted by Crippen LogP contribution is 2.40. The molecule has 1 saturated carbocycles. The van der Waals surface area contributed by atoms with Crippen LogP contribution >= 0.6 is 0 Å². The molecule has 0 unspecified atom stereocenters. The second kappa shape index (κ2) is 4.18. The molecular formula is C15H14FN5. The van der Waals surface area contributed by atoms with Gasteiger partial charge in [0.25, 0.3) is 0 Å². The maximum absolute atomic E-state index is 13.7. The number of halogens is 1. The Balaban J connectivity index is 2.01. The van der Waals surface area contributed by atoms with Crippen LogP contribution in [0.3, 0.4) is 0 Å². The lowest BCUT2D eigenvalue weighted by Crippen LogP contribution is -1.96. The second-order valence-electron chi connectivity index (χ2n) is 5.35. The number of benzene rings is 1. The van der Waals surface area contributed by atoms with E-state index < -0.39 is 5.82 Å². The van der Waals surface area contributed by atoms with Gasteiger partial charge >= 0.3 is 0 Å². The largest absolute Gasteiger partial charge is 0.396 e. The topological polar surface area (TPSA) is 82.8 Å². The smallest absolute Gasteiger partial charge is 0.146 e. The fraction of sp³-hybridized carbons (Fsp3) is 0.200. The Morgan fingerprint density at radius 3 is 2.71 bits per heavy atom. The van der Waals surface area contributed by atoms with E-state index >= 15 is 0 Å². The minimum Gasteiger partial charge on any atom is -0.396 e. The van der Waals surface area contributed by atoms with Crippen molar-refractivity contribution in [2.24, 2.45) is 0 Å². The van der Waals surface area contributed by atoms with Crippen molar-refractivity contribution in [3.63, 3.8) is 0 Å². The zero-order valence-corrected chi connectivity index (χ0v) is 11.3. The van der Waals surface area contributed by atoms with Crippen molar-refractivity contribution in [1.82, 2.24) is 14.8 Å². The highest BCUT2D eigenvalue weighted by Gasteiger charge is 2.28. The van der Waals surface area contributed by atoms with Crippen molar-refractivity contribution < 1.29 is 4.39 Å². The van der Waals surface area contributed by atoms with Gasteiger partial charge in [-0.25, -0.2) is 9.37 Å². The Morgan fingerprint density at radius 2 is 2.00 bits per heavy atom. The van der Waals surface area contributed by atoms with Crippen LogP contribution in [0.1, 0.15) is 18.9 Å². The number of nitrogens with zero attached hydrogens (tertiary/aromatic N) is 3. The summed E-state index contributed by atoms with van der Waals surface area (Å²) >= 11 is 0. The third kappa shape index (κ3) is 1.83. The molecule has 106 valence electrons. The van der Waals surface area contributed by atoms with Gasteiger partial charge in [-0.2, -0.15) is 5.10 Å². The summed E-state index contributed by atoms with van der Waals surface area (Å²) in [6.07, 6.45) is 3.88. The summed E-state index contributed by atoms with van der Waals surface area (Å²) in [5.41, 5.74) is 13.9. The van der Waals surface area contributed by atoms with Gasteiger partial charge in [0.15, 0.2) is 0 Å². The number of hydrogen-bond acceptors (Lipinski definition) is 4. The predicted molar refractivity (Wildman–Crippen MR) is 80.0 cm³/mol. The van der Waals surface area contributed by atoms with E-state index in [0.717, 1.165) is 23.7 Å². The van der Waals surface area contributed by atoms with Crippen molar-refractivity contribution in [1.29, 1.82) is 0 Å². The minimum absolute atomic E-state index is 0.121. The first kappa shape index (κ1) is 12.1. The number of fused-ring (bicyclic) bond motifs is 1. The summed E-state index contributed by atoms with van der Waals surface area (Å²) in [7, 11) is 0.